The summed E-state index contributed by atoms with van der Waals surface area (Å²) in [7, 11) is 0. The summed E-state index contributed by atoms with van der Waals surface area (Å²) < 4.78 is 0. The van der Waals surface area contributed by atoms with Crippen LogP contribution in [0.2, 0.25) is 0 Å². The Hall–Kier alpha value is -0.370. The number of carbonyl (C=O) groups excluding carboxylic acids is 1. The van der Waals surface area contributed by atoms with Crippen LogP contribution in [0.1, 0.15) is 52.9 Å². The first-order valence-electron chi connectivity index (χ1n) is 7.85. The molecule has 2 fully saturated rings. The number of hydrogen-bond donors (Lipinski definition) is 0. The highest BCUT2D eigenvalue weighted by atomic mass is 16.1. The zero-order chi connectivity index (χ0) is 13.1. The van der Waals surface area contributed by atoms with Crippen LogP contribution < -0.4 is 0 Å². The third-order valence-corrected chi connectivity index (χ3v) is 4.89. The van der Waals surface area contributed by atoms with Gasteiger partial charge in [-0.05, 0) is 50.0 Å². The van der Waals surface area contributed by atoms with Gasteiger partial charge in [0.25, 0.3) is 0 Å². The Balaban J connectivity index is 1.85. The molecule has 2 aliphatic carbocycles. The van der Waals surface area contributed by atoms with Gasteiger partial charge in [-0.2, -0.15) is 0 Å². The van der Waals surface area contributed by atoms with Gasteiger partial charge in [0.1, 0.15) is 5.78 Å². The molecule has 0 aromatic rings. The van der Waals surface area contributed by atoms with Gasteiger partial charge >= 0.3 is 0 Å². The van der Waals surface area contributed by atoms with Crippen LogP contribution in [-0.2, 0) is 4.79 Å². The van der Waals surface area contributed by atoms with Crippen LogP contribution in [-0.4, -0.2) is 30.3 Å². The minimum atomic E-state index is 0.324. The van der Waals surface area contributed by atoms with Gasteiger partial charge < -0.3 is 4.90 Å². The van der Waals surface area contributed by atoms with Crippen molar-refractivity contribution in [2.24, 2.45) is 23.7 Å². The molecule has 2 aliphatic rings. The first kappa shape index (κ1) is 14.0. The number of nitrogens with zero attached hydrogens (tertiary/aromatic N) is 1. The van der Waals surface area contributed by atoms with Crippen LogP contribution in [0.5, 0.6) is 0 Å². The largest absolute Gasteiger partial charge is 0.303 e. The van der Waals surface area contributed by atoms with Gasteiger partial charge in [0, 0.05) is 25.4 Å². The molecule has 0 amide bonds. The fourth-order valence-electron chi connectivity index (χ4n) is 3.24. The fraction of sp³-hybridized carbons (Fsp3) is 0.938. The van der Waals surface area contributed by atoms with E-state index in [1.807, 2.05) is 0 Å². The third-order valence-electron chi connectivity index (χ3n) is 4.89. The predicted molar refractivity (Wildman–Crippen MR) is 75.5 cm³/mol. The second kappa shape index (κ2) is 6.18. The molecule has 0 N–H and O–H groups in total. The summed E-state index contributed by atoms with van der Waals surface area (Å²) in [5.41, 5.74) is 0. The second-order valence-electron chi connectivity index (χ2n) is 6.74. The molecule has 18 heavy (non-hydrogen) atoms. The highest BCUT2D eigenvalue weighted by Gasteiger charge is 2.32. The molecule has 0 aromatic heterocycles. The lowest BCUT2D eigenvalue weighted by molar-refractivity contribution is -0.126. The second-order valence-corrected chi connectivity index (χ2v) is 6.74. The molecule has 2 saturated carbocycles. The number of carbonyl (C=O) groups is 1. The van der Waals surface area contributed by atoms with Gasteiger partial charge in [-0.1, -0.05) is 20.8 Å². The molecule has 0 spiro atoms. The van der Waals surface area contributed by atoms with Gasteiger partial charge in [-0.15, -0.1) is 0 Å². The molecule has 2 atom stereocenters. The minimum Gasteiger partial charge on any atom is -0.303 e. The van der Waals surface area contributed by atoms with Crippen molar-refractivity contribution in [3.8, 4) is 0 Å². The van der Waals surface area contributed by atoms with Crippen molar-refractivity contribution in [2.75, 3.05) is 19.6 Å². The number of ketones is 1. The van der Waals surface area contributed by atoms with E-state index in [0.29, 0.717) is 11.7 Å². The molecule has 2 unspecified atom stereocenters. The van der Waals surface area contributed by atoms with Gasteiger partial charge in [0.15, 0.2) is 0 Å². The van der Waals surface area contributed by atoms with E-state index in [2.05, 4.69) is 25.7 Å². The van der Waals surface area contributed by atoms with Crippen LogP contribution in [0.3, 0.4) is 0 Å². The van der Waals surface area contributed by atoms with Crippen molar-refractivity contribution in [2.45, 2.75) is 52.9 Å². The molecule has 2 rings (SSSR count). The topological polar surface area (TPSA) is 20.3 Å². The average molecular weight is 251 g/mol. The van der Waals surface area contributed by atoms with Crippen molar-refractivity contribution in [3.63, 3.8) is 0 Å². The van der Waals surface area contributed by atoms with Crippen molar-refractivity contribution in [1.29, 1.82) is 0 Å². The first-order valence-corrected chi connectivity index (χ1v) is 7.85. The minimum absolute atomic E-state index is 0.324. The average Bonchev–Trinajstić information content (AvgIpc) is 3.14. The Kier molecular flexibility index (Phi) is 4.83. The smallest absolute Gasteiger partial charge is 0.137 e. The molecular weight excluding hydrogens is 222 g/mol. The Bertz CT molecular complexity index is 283. The quantitative estimate of drug-likeness (QED) is 0.721. The van der Waals surface area contributed by atoms with Crippen molar-refractivity contribution < 1.29 is 4.79 Å². The van der Waals surface area contributed by atoms with Crippen molar-refractivity contribution >= 4 is 5.78 Å². The van der Waals surface area contributed by atoms with Gasteiger partial charge in [-0.3, -0.25) is 4.79 Å². The summed E-state index contributed by atoms with van der Waals surface area (Å²) in [6.45, 7) is 10.2. The van der Waals surface area contributed by atoms with E-state index in [0.717, 1.165) is 50.1 Å². The molecule has 0 aliphatic heterocycles. The predicted octanol–water partition coefficient (Wildman–Crippen LogP) is 3.36. The normalized spacial score (nSPS) is 29.3. The summed E-state index contributed by atoms with van der Waals surface area (Å²) in [6.07, 6.45) is 5.90. The Labute approximate surface area is 112 Å². The van der Waals surface area contributed by atoms with E-state index in [4.69, 9.17) is 0 Å². The maximum absolute atomic E-state index is 12.1. The van der Waals surface area contributed by atoms with Gasteiger partial charge in [0.2, 0.25) is 0 Å². The lowest BCUT2D eigenvalue weighted by Crippen LogP contribution is -2.38. The molecular formula is C16H29NO. The zero-order valence-electron chi connectivity index (χ0n) is 12.3. The zero-order valence-corrected chi connectivity index (χ0v) is 12.3. The highest BCUT2D eigenvalue weighted by molar-refractivity contribution is 5.82. The summed E-state index contributed by atoms with van der Waals surface area (Å²) in [4.78, 5) is 14.6. The maximum atomic E-state index is 12.1. The van der Waals surface area contributed by atoms with Crippen molar-refractivity contribution in [3.05, 3.63) is 0 Å². The van der Waals surface area contributed by atoms with E-state index < -0.39 is 0 Å². The van der Waals surface area contributed by atoms with E-state index in [-0.39, 0.29) is 0 Å². The lowest BCUT2D eigenvalue weighted by Gasteiger charge is -2.33. The van der Waals surface area contributed by atoms with Crippen LogP contribution in [0, 0.1) is 23.7 Å². The molecule has 0 saturated heterocycles. The third kappa shape index (κ3) is 3.81. The van der Waals surface area contributed by atoms with Gasteiger partial charge in [0.05, 0.1) is 0 Å². The van der Waals surface area contributed by atoms with Gasteiger partial charge in [-0.25, -0.2) is 0 Å². The molecule has 0 heterocycles. The summed E-state index contributed by atoms with van der Waals surface area (Å²) in [6, 6.07) is 0. The SMILES string of the molecule is CCN(CC1CC1)CC1CC(C(C)C)CCC1=O. The van der Waals surface area contributed by atoms with E-state index in [9.17, 15) is 4.79 Å². The lowest BCUT2D eigenvalue weighted by atomic mass is 9.75. The van der Waals surface area contributed by atoms with E-state index in [1.165, 1.54) is 19.4 Å². The summed E-state index contributed by atoms with van der Waals surface area (Å²) in [5, 5.41) is 0. The monoisotopic (exact) mass is 251 g/mol. The molecule has 104 valence electrons. The molecule has 2 heteroatoms. The molecule has 0 bridgehead atoms. The summed E-state index contributed by atoms with van der Waals surface area (Å²) in [5.74, 6) is 3.29. The molecule has 2 nitrogen and oxygen atoms in total. The van der Waals surface area contributed by atoms with Crippen LogP contribution >= 0.6 is 0 Å². The fourth-order valence-corrected chi connectivity index (χ4v) is 3.24. The maximum Gasteiger partial charge on any atom is 0.137 e. The Morgan fingerprint density at radius 3 is 2.50 bits per heavy atom. The van der Waals surface area contributed by atoms with Crippen LogP contribution in [0.4, 0.5) is 0 Å². The number of rotatable bonds is 6. The highest BCUT2D eigenvalue weighted by Crippen LogP contribution is 2.33. The molecule has 0 aromatic carbocycles. The summed E-state index contributed by atoms with van der Waals surface area (Å²) >= 11 is 0. The van der Waals surface area contributed by atoms with Crippen molar-refractivity contribution in [1.82, 2.24) is 4.90 Å². The van der Waals surface area contributed by atoms with E-state index >= 15 is 0 Å². The Morgan fingerprint density at radius 2 is 1.94 bits per heavy atom. The first-order chi connectivity index (χ1) is 8.60. The standard InChI is InChI=1S/C16H29NO/c1-4-17(10-13-5-6-13)11-15-9-14(12(2)3)7-8-16(15)18/h12-15H,4-11H2,1-3H3. The number of Topliss-reactive ketones (excluding diaryl/α,β-unsaturated/α-hetero) is 1. The Morgan fingerprint density at radius 1 is 1.22 bits per heavy atom. The number of hydrogen-bond acceptors (Lipinski definition) is 2. The van der Waals surface area contributed by atoms with E-state index in [1.54, 1.807) is 0 Å². The van der Waals surface area contributed by atoms with Crippen LogP contribution in [0.15, 0.2) is 0 Å². The molecule has 0 radical (unpaired) electrons. The van der Waals surface area contributed by atoms with Crippen LogP contribution in [0.25, 0.3) is 0 Å².